The number of nitrogens with one attached hydrogen (secondary N) is 1. The molecule has 0 fully saturated rings. The number of thioether (sulfide) groups is 1. The molecule has 3 nitrogen and oxygen atoms in total. The molecule has 1 N–H and O–H groups in total. The molecule has 2 heterocycles. The molecule has 3 aromatic carbocycles. The fourth-order valence-electron chi connectivity index (χ4n) is 5.59. The van der Waals surface area contributed by atoms with E-state index in [0.29, 0.717) is 42.7 Å². The van der Waals surface area contributed by atoms with Gasteiger partial charge >= 0.3 is 12.4 Å². The summed E-state index contributed by atoms with van der Waals surface area (Å²) < 4.78 is 80.9. The Bertz CT molecular complexity index is 1280. The van der Waals surface area contributed by atoms with E-state index in [4.69, 9.17) is 0 Å². The van der Waals surface area contributed by atoms with E-state index in [9.17, 15) is 31.1 Å². The Kier molecular flexibility index (Phi) is 6.87. The highest BCUT2D eigenvalue weighted by Gasteiger charge is 2.38. The van der Waals surface area contributed by atoms with Gasteiger partial charge in [-0.15, -0.1) is 0 Å². The summed E-state index contributed by atoms with van der Waals surface area (Å²) in [5, 5.41) is 2.50. The molecule has 0 saturated heterocycles. The van der Waals surface area contributed by atoms with Gasteiger partial charge in [0, 0.05) is 36.3 Å². The highest BCUT2D eigenvalue weighted by Crippen LogP contribution is 2.50. The van der Waals surface area contributed by atoms with E-state index in [1.807, 2.05) is 0 Å². The van der Waals surface area contributed by atoms with Crippen molar-refractivity contribution in [1.82, 2.24) is 0 Å². The number of halogens is 6. The molecular formula is C28H24F6N2OS. The predicted octanol–water partition coefficient (Wildman–Crippen LogP) is 8.50. The van der Waals surface area contributed by atoms with E-state index >= 15 is 0 Å². The number of rotatable bonds is 3. The molecule has 0 bridgehead atoms. The van der Waals surface area contributed by atoms with Gasteiger partial charge in [0.2, 0.25) is 0 Å². The van der Waals surface area contributed by atoms with Crippen LogP contribution in [0.4, 0.5) is 42.5 Å². The average molecular weight is 551 g/mol. The summed E-state index contributed by atoms with van der Waals surface area (Å²) in [6.07, 6.45) is -6.21. The minimum absolute atomic E-state index is 0.313. The molecule has 0 radical (unpaired) electrons. The lowest BCUT2D eigenvalue weighted by Gasteiger charge is -2.43. The van der Waals surface area contributed by atoms with Gasteiger partial charge in [0.25, 0.3) is 5.24 Å². The maximum atomic E-state index is 13.5. The first-order chi connectivity index (χ1) is 18.0. The van der Waals surface area contributed by atoms with Crippen molar-refractivity contribution < 1.29 is 31.1 Å². The smallest absolute Gasteiger partial charge is 0.371 e. The van der Waals surface area contributed by atoms with E-state index < -0.39 is 23.5 Å². The fourth-order valence-corrected chi connectivity index (χ4v) is 5.81. The molecule has 0 aliphatic carbocycles. The van der Waals surface area contributed by atoms with Crippen LogP contribution in [0.1, 0.15) is 58.1 Å². The Labute approximate surface area is 220 Å². The zero-order valence-corrected chi connectivity index (χ0v) is 21.1. The third-order valence-corrected chi connectivity index (χ3v) is 7.75. The van der Waals surface area contributed by atoms with Crippen molar-refractivity contribution in [3.05, 3.63) is 94.0 Å². The zero-order valence-electron chi connectivity index (χ0n) is 20.3. The summed E-state index contributed by atoms with van der Waals surface area (Å²) in [4.78, 5) is 14.4. The van der Waals surface area contributed by atoms with Crippen LogP contribution < -0.4 is 10.2 Å². The monoisotopic (exact) mass is 550 g/mol. The van der Waals surface area contributed by atoms with Crippen LogP contribution in [0, 0.1) is 0 Å². The summed E-state index contributed by atoms with van der Waals surface area (Å²) in [5.41, 5.74) is 2.37. The highest BCUT2D eigenvalue weighted by molar-refractivity contribution is 8.13. The maximum absolute atomic E-state index is 13.5. The van der Waals surface area contributed by atoms with Gasteiger partial charge in [-0.2, -0.15) is 26.3 Å². The molecule has 38 heavy (non-hydrogen) atoms. The number of hydrogen-bond acceptors (Lipinski definition) is 3. The van der Waals surface area contributed by atoms with Gasteiger partial charge < -0.3 is 10.2 Å². The Hall–Kier alpha value is -3.14. The Morgan fingerprint density at radius 2 is 1.29 bits per heavy atom. The second kappa shape index (κ2) is 9.87. The lowest BCUT2D eigenvalue weighted by molar-refractivity contribution is -0.138. The first-order valence-corrected chi connectivity index (χ1v) is 13.3. The Morgan fingerprint density at radius 1 is 0.816 bits per heavy atom. The number of carbonyl (C=O) groups excluding carboxylic acids is 1. The minimum atomic E-state index is -4.49. The number of hydrogen-bond donors (Lipinski definition) is 1. The molecule has 2 aliphatic rings. The van der Waals surface area contributed by atoms with E-state index in [2.05, 4.69) is 10.2 Å². The Balaban J connectivity index is 1.67. The molecule has 0 spiro atoms. The molecule has 5 rings (SSSR count). The predicted molar refractivity (Wildman–Crippen MR) is 137 cm³/mol. The van der Waals surface area contributed by atoms with E-state index in [-0.39, 0.29) is 17.1 Å². The first kappa shape index (κ1) is 26.5. The number of nitrogens with zero attached hydrogens (tertiary/aromatic N) is 1. The van der Waals surface area contributed by atoms with Crippen LogP contribution in [0.3, 0.4) is 0 Å². The molecule has 200 valence electrons. The summed E-state index contributed by atoms with van der Waals surface area (Å²) in [5.74, 6) is -0.734. The van der Waals surface area contributed by atoms with Crippen LogP contribution in [-0.2, 0) is 12.4 Å². The Morgan fingerprint density at radius 3 is 1.71 bits per heavy atom. The van der Waals surface area contributed by atoms with Crippen LogP contribution in [0.2, 0.25) is 0 Å². The van der Waals surface area contributed by atoms with Crippen molar-refractivity contribution in [1.29, 1.82) is 0 Å². The van der Waals surface area contributed by atoms with Crippen molar-refractivity contribution in [2.45, 2.75) is 37.0 Å². The molecule has 2 aliphatic heterocycles. The number of alkyl halides is 6. The van der Waals surface area contributed by atoms with Crippen LogP contribution >= 0.6 is 11.8 Å². The van der Waals surface area contributed by atoms with Crippen molar-refractivity contribution in [2.24, 2.45) is 0 Å². The van der Waals surface area contributed by atoms with Crippen LogP contribution in [0.25, 0.3) is 0 Å². The molecule has 1 amide bonds. The summed E-state index contributed by atoms with van der Waals surface area (Å²) in [7, 11) is 0. The zero-order chi connectivity index (χ0) is 27.2. The second-order valence-corrected chi connectivity index (χ2v) is 10.3. The number of amides is 1. The van der Waals surface area contributed by atoms with Crippen molar-refractivity contribution in [3.63, 3.8) is 0 Å². The van der Waals surface area contributed by atoms with E-state index in [1.54, 1.807) is 30.5 Å². The maximum Gasteiger partial charge on any atom is 0.416 e. The van der Waals surface area contributed by atoms with Gasteiger partial charge in [0.05, 0.1) is 11.1 Å². The SMILES string of the molecule is CSC(=O)Nc1cc2c3c(c1)[C@H](c1cccc(C(F)(F)F)c1)CCN3CC[C@H]2c1cccc(C(F)(F)F)c1. The average Bonchev–Trinajstić information content (AvgIpc) is 2.88. The summed E-state index contributed by atoms with van der Waals surface area (Å²) in [6, 6.07) is 14.1. The normalized spacial score (nSPS) is 19.2. The van der Waals surface area contributed by atoms with Gasteiger partial charge in [-0.05, 0) is 65.6 Å². The fraction of sp³-hybridized carbons (Fsp3) is 0.321. The quantitative estimate of drug-likeness (QED) is 0.332. The van der Waals surface area contributed by atoms with Gasteiger partial charge in [-0.25, -0.2) is 0 Å². The number of benzene rings is 3. The third-order valence-electron chi connectivity index (χ3n) is 7.28. The molecule has 0 aromatic heterocycles. The lowest BCUT2D eigenvalue weighted by atomic mass is 9.76. The van der Waals surface area contributed by atoms with Gasteiger partial charge in [0.1, 0.15) is 0 Å². The van der Waals surface area contributed by atoms with Crippen LogP contribution in [-0.4, -0.2) is 24.6 Å². The standard InChI is InChI=1S/C28H24F6N2OS/c1-38-26(37)35-20-14-23-21(16-4-2-6-18(12-16)27(29,30)31)8-10-36-11-9-22(24(15-20)25(23)36)17-5-3-7-19(13-17)28(32,33)34/h2-7,12-15,21-22H,8-11H2,1H3,(H,35,37)/t21-,22-/m0/s1. The minimum Gasteiger partial charge on any atom is -0.371 e. The number of anilines is 2. The molecule has 0 unspecified atom stereocenters. The third kappa shape index (κ3) is 5.10. The van der Waals surface area contributed by atoms with E-state index in [1.165, 1.54) is 12.1 Å². The van der Waals surface area contributed by atoms with Crippen LogP contribution in [0.5, 0.6) is 0 Å². The summed E-state index contributed by atoms with van der Waals surface area (Å²) in [6.45, 7) is 1.21. The molecule has 2 atom stereocenters. The van der Waals surface area contributed by atoms with Crippen molar-refractivity contribution >= 4 is 28.4 Å². The molecule has 0 saturated carbocycles. The molecule has 10 heteroatoms. The second-order valence-electron chi connectivity index (χ2n) is 9.54. The topological polar surface area (TPSA) is 32.3 Å². The lowest BCUT2D eigenvalue weighted by Crippen LogP contribution is -2.37. The molecule has 3 aromatic rings. The highest BCUT2D eigenvalue weighted by atomic mass is 32.2. The van der Waals surface area contributed by atoms with Gasteiger partial charge in [-0.1, -0.05) is 48.2 Å². The summed E-state index contributed by atoms with van der Waals surface area (Å²) >= 11 is 0.978. The van der Waals surface area contributed by atoms with Gasteiger partial charge in [-0.3, -0.25) is 4.79 Å². The van der Waals surface area contributed by atoms with Crippen molar-refractivity contribution in [3.8, 4) is 0 Å². The number of carbonyl (C=O) groups is 1. The van der Waals surface area contributed by atoms with E-state index in [0.717, 1.165) is 52.8 Å². The first-order valence-electron chi connectivity index (χ1n) is 12.1. The molecular weight excluding hydrogens is 526 g/mol. The van der Waals surface area contributed by atoms with Gasteiger partial charge in [0.15, 0.2) is 0 Å². The van der Waals surface area contributed by atoms with Crippen molar-refractivity contribution in [2.75, 3.05) is 29.6 Å². The largest absolute Gasteiger partial charge is 0.416 e. The van der Waals surface area contributed by atoms with Crippen LogP contribution in [0.15, 0.2) is 60.7 Å².